The molecule has 0 aromatic heterocycles. The zero-order valence-corrected chi connectivity index (χ0v) is 14.5. The lowest BCUT2D eigenvalue weighted by molar-refractivity contribution is 0.166. The largest absolute Gasteiger partial charge is 0.493 e. The van der Waals surface area contributed by atoms with Crippen molar-refractivity contribution in [2.24, 2.45) is 11.8 Å². The first-order chi connectivity index (χ1) is 10.7. The van der Waals surface area contributed by atoms with Crippen molar-refractivity contribution in [3.05, 3.63) is 29.8 Å². The summed E-state index contributed by atoms with van der Waals surface area (Å²) < 4.78 is 5.75. The Balaban J connectivity index is 1.80. The summed E-state index contributed by atoms with van der Waals surface area (Å²) in [5, 5.41) is 3.49. The van der Waals surface area contributed by atoms with Crippen molar-refractivity contribution in [1.82, 2.24) is 10.2 Å². The van der Waals surface area contributed by atoms with Gasteiger partial charge < -0.3 is 10.1 Å². The fourth-order valence-corrected chi connectivity index (χ4v) is 3.02. The van der Waals surface area contributed by atoms with E-state index in [-0.39, 0.29) is 0 Å². The summed E-state index contributed by atoms with van der Waals surface area (Å²) >= 11 is 0. The molecule has 124 valence electrons. The molecule has 0 bridgehead atoms. The minimum absolute atomic E-state index is 0.571. The van der Waals surface area contributed by atoms with Crippen LogP contribution in [-0.2, 0) is 6.54 Å². The van der Waals surface area contributed by atoms with Gasteiger partial charge in [-0.15, -0.1) is 0 Å². The van der Waals surface area contributed by atoms with Crippen LogP contribution in [0.25, 0.3) is 0 Å². The van der Waals surface area contributed by atoms with Gasteiger partial charge in [-0.2, -0.15) is 0 Å². The van der Waals surface area contributed by atoms with Gasteiger partial charge in [0.25, 0.3) is 0 Å². The second-order valence-electron chi connectivity index (χ2n) is 6.90. The van der Waals surface area contributed by atoms with E-state index in [1.54, 1.807) is 0 Å². The normalized spacial score (nSPS) is 19.5. The second kappa shape index (κ2) is 9.16. The number of benzene rings is 1. The molecule has 1 aliphatic heterocycles. The Morgan fingerprint density at radius 1 is 1.27 bits per heavy atom. The predicted octanol–water partition coefficient (Wildman–Crippen LogP) is 3.54. The molecule has 1 aromatic rings. The van der Waals surface area contributed by atoms with Gasteiger partial charge in [0.2, 0.25) is 0 Å². The Morgan fingerprint density at radius 2 is 2.05 bits per heavy atom. The standard InChI is InChI=1S/C19H32N2O/c1-4-20-12-18-6-5-11-21(14-18)13-17-7-9-19(10-8-17)22-15-16(2)3/h7-10,16,18,20H,4-6,11-15H2,1-3H3. The van der Waals surface area contributed by atoms with E-state index in [1.165, 1.54) is 31.5 Å². The van der Waals surface area contributed by atoms with Crippen molar-refractivity contribution in [2.75, 3.05) is 32.8 Å². The van der Waals surface area contributed by atoms with Crippen molar-refractivity contribution >= 4 is 0 Å². The number of rotatable bonds is 8. The van der Waals surface area contributed by atoms with Crippen LogP contribution in [0, 0.1) is 11.8 Å². The van der Waals surface area contributed by atoms with Gasteiger partial charge in [-0.25, -0.2) is 0 Å². The number of nitrogens with zero attached hydrogens (tertiary/aromatic N) is 1. The second-order valence-corrected chi connectivity index (χ2v) is 6.90. The van der Waals surface area contributed by atoms with Crippen LogP contribution in [0.4, 0.5) is 0 Å². The lowest BCUT2D eigenvalue weighted by atomic mass is 9.97. The van der Waals surface area contributed by atoms with E-state index < -0.39 is 0 Å². The van der Waals surface area contributed by atoms with Crippen molar-refractivity contribution in [3.8, 4) is 5.75 Å². The summed E-state index contributed by atoms with van der Waals surface area (Å²) in [6.07, 6.45) is 2.69. The van der Waals surface area contributed by atoms with Crippen LogP contribution in [-0.4, -0.2) is 37.7 Å². The molecule has 2 rings (SSSR count). The SMILES string of the molecule is CCNCC1CCCN(Cc2ccc(OCC(C)C)cc2)C1. The molecule has 1 saturated heterocycles. The van der Waals surface area contributed by atoms with E-state index in [1.807, 2.05) is 0 Å². The maximum absolute atomic E-state index is 5.75. The number of nitrogens with one attached hydrogen (secondary N) is 1. The molecule has 1 unspecified atom stereocenters. The molecule has 1 aromatic carbocycles. The smallest absolute Gasteiger partial charge is 0.119 e. The highest BCUT2D eigenvalue weighted by Gasteiger charge is 2.19. The highest BCUT2D eigenvalue weighted by Crippen LogP contribution is 2.19. The first-order valence-electron chi connectivity index (χ1n) is 8.82. The first-order valence-corrected chi connectivity index (χ1v) is 8.82. The van der Waals surface area contributed by atoms with Gasteiger partial charge in [0, 0.05) is 13.1 Å². The lowest BCUT2D eigenvalue weighted by Crippen LogP contribution is -2.39. The average Bonchev–Trinajstić information content (AvgIpc) is 2.52. The molecule has 0 saturated carbocycles. The summed E-state index contributed by atoms with van der Waals surface area (Å²) in [6.45, 7) is 13.1. The van der Waals surface area contributed by atoms with Gasteiger partial charge in [0.15, 0.2) is 0 Å². The monoisotopic (exact) mass is 304 g/mol. The Morgan fingerprint density at radius 3 is 2.73 bits per heavy atom. The summed E-state index contributed by atoms with van der Waals surface area (Å²) in [7, 11) is 0. The first kappa shape index (κ1) is 17.3. The number of hydrogen-bond acceptors (Lipinski definition) is 3. The van der Waals surface area contributed by atoms with Crippen LogP contribution in [0.15, 0.2) is 24.3 Å². The van der Waals surface area contributed by atoms with Gasteiger partial charge in [0.1, 0.15) is 5.75 Å². The number of piperidine rings is 1. The molecule has 22 heavy (non-hydrogen) atoms. The minimum atomic E-state index is 0.571. The summed E-state index contributed by atoms with van der Waals surface area (Å²) in [6, 6.07) is 8.64. The molecular formula is C19H32N2O. The fraction of sp³-hybridized carbons (Fsp3) is 0.684. The van der Waals surface area contributed by atoms with Crippen LogP contribution in [0.5, 0.6) is 5.75 Å². The maximum Gasteiger partial charge on any atom is 0.119 e. The third-order valence-electron chi connectivity index (χ3n) is 4.20. The van der Waals surface area contributed by atoms with Gasteiger partial charge in [-0.1, -0.05) is 32.9 Å². The maximum atomic E-state index is 5.75. The molecular weight excluding hydrogens is 272 g/mol. The number of hydrogen-bond donors (Lipinski definition) is 1. The molecule has 1 fully saturated rings. The molecule has 1 heterocycles. The lowest BCUT2D eigenvalue weighted by Gasteiger charge is -2.32. The van der Waals surface area contributed by atoms with Crippen molar-refractivity contribution in [2.45, 2.75) is 40.2 Å². The molecule has 0 spiro atoms. The van der Waals surface area contributed by atoms with E-state index in [0.717, 1.165) is 37.9 Å². The van der Waals surface area contributed by atoms with Crippen LogP contribution in [0.1, 0.15) is 39.2 Å². The molecule has 0 aliphatic carbocycles. The van der Waals surface area contributed by atoms with Gasteiger partial charge in [-0.3, -0.25) is 4.90 Å². The molecule has 1 atom stereocenters. The Kier molecular flexibility index (Phi) is 7.20. The van der Waals surface area contributed by atoms with Crippen LogP contribution in [0.2, 0.25) is 0 Å². The zero-order chi connectivity index (χ0) is 15.8. The summed E-state index contributed by atoms with van der Waals surface area (Å²) in [5.74, 6) is 2.37. The molecule has 0 amide bonds. The molecule has 1 N–H and O–H groups in total. The average molecular weight is 304 g/mol. The fourth-order valence-electron chi connectivity index (χ4n) is 3.02. The Labute approximate surface area is 136 Å². The van der Waals surface area contributed by atoms with E-state index in [9.17, 15) is 0 Å². The summed E-state index contributed by atoms with van der Waals surface area (Å²) in [5.41, 5.74) is 1.39. The number of likely N-dealkylation sites (tertiary alicyclic amines) is 1. The Hall–Kier alpha value is -1.06. The minimum Gasteiger partial charge on any atom is -0.493 e. The van der Waals surface area contributed by atoms with Crippen LogP contribution < -0.4 is 10.1 Å². The third kappa shape index (κ3) is 5.98. The molecule has 3 nitrogen and oxygen atoms in total. The van der Waals surface area contributed by atoms with Crippen molar-refractivity contribution in [1.29, 1.82) is 0 Å². The van der Waals surface area contributed by atoms with E-state index >= 15 is 0 Å². The van der Waals surface area contributed by atoms with Crippen LogP contribution in [0.3, 0.4) is 0 Å². The third-order valence-corrected chi connectivity index (χ3v) is 4.20. The van der Waals surface area contributed by atoms with Gasteiger partial charge in [0.05, 0.1) is 6.61 Å². The zero-order valence-electron chi connectivity index (χ0n) is 14.5. The van der Waals surface area contributed by atoms with Gasteiger partial charge in [-0.05, 0) is 62.0 Å². The Bertz CT molecular complexity index is 416. The van der Waals surface area contributed by atoms with Crippen molar-refractivity contribution < 1.29 is 4.74 Å². The van der Waals surface area contributed by atoms with Crippen molar-refractivity contribution in [3.63, 3.8) is 0 Å². The predicted molar refractivity (Wildman–Crippen MR) is 93.3 cm³/mol. The van der Waals surface area contributed by atoms with Gasteiger partial charge >= 0.3 is 0 Å². The van der Waals surface area contributed by atoms with Crippen LogP contribution >= 0.6 is 0 Å². The number of ether oxygens (including phenoxy) is 1. The van der Waals surface area contributed by atoms with E-state index in [2.05, 4.69) is 55.3 Å². The highest BCUT2D eigenvalue weighted by molar-refractivity contribution is 5.27. The topological polar surface area (TPSA) is 24.5 Å². The quantitative estimate of drug-likeness (QED) is 0.795. The van der Waals surface area contributed by atoms with E-state index in [4.69, 9.17) is 4.74 Å². The summed E-state index contributed by atoms with van der Waals surface area (Å²) in [4.78, 5) is 2.59. The molecule has 0 radical (unpaired) electrons. The molecule has 3 heteroatoms. The molecule has 1 aliphatic rings. The van der Waals surface area contributed by atoms with E-state index in [0.29, 0.717) is 5.92 Å². The highest BCUT2D eigenvalue weighted by atomic mass is 16.5.